The van der Waals surface area contributed by atoms with E-state index in [-0.39, 0.29) is 12.1 Å². The van der Waals surface area contributed by atoms with Crippen LogP contribution in [0.25, 0.3) is 0 Å². The topological polar surface area (TPSA) is 54.4 Å². The molecule has 1 N–H and O–H groups in total. The maximum atomic E-state index is 12.0. The lowest BCUT2D eigenvalue weighted by Crippen LogP contribution is -2.54. The number of aliphatic hydroxyl groups excluding tert-OH is 1. The van der Waals surface area contributed by atoms with E-state index in [2.05, 4.69) is 23.3 Å². The second-order valence-electron chi connectivity index (χ2n) is 9.04. The van der Waals surface area contributed by atoms with E-state index in [0.717, 1.165) is 48.5 Å². The fourth-order valence-corrected chi connectivity index (χ4v) is 5.03. The van der Waals surface area contributed by atoms with E-state index in [1.54, 1.807) is 14.2 Å². The highest BCUT2D eigenvalue weighted by Gasteiger charge is 2.39. The number of para-hydroxylation sites is 2. The first-order valence-corrected chi connectivity index (χ1v) is 11.8. The average molecular weight is 453 g/mol. The van der Waals surface area contributed by atoms with Crippen molar-refractivity contribution in [2.75, 3.05) is 38.8 Å². The van der Waals surface area contributed by atoms with E-state index in [9.17, 15) is 5.11 Å². The Morgan fingerprint density at radius 2 is 1.85 bits per heavy atom. The van der Waals surface area contributed by atoms with Gasteiger partial charge in [-0.1, -0.05) is 23.8 Å². The molecule has 0 spiro atoms. The van der Waals surface area contributed by atoms with Crippen LogP contribution < -0.4 is 19.1 Å². The number of hydrogen-bond acceptors (Lipinski definition) is 6. The summed E-state index contributed by atoms with van der Waals surface area (Å²) in [5, 5.41) is 12.0. The third-order valence-electron chi connectivity index (χ3n) is 6.77. The number of hydrogen-bond donors (Lipinski definition) is 1. The highest BCUT2D eigenvalue weighted by atomic mass is 16.5. The molecule has 3 atom stereocenters. The molecule has 6 heteroatoms. The smallest absolute Gasteiger partial charge is 0.161 e. The first-order chi connectivity index (χ1) is 16.0. The number of allylic oxidation sites excluding steroid dienone is 1. The normalized spacial score (nSPS) is 20.0. The minimum atomic E-state index is -0.689. The SMILES string of the molecule is C=C(C)CCC(C(O)N1c2ccccc2OCC1c1ccc(OC)c(OC)c1)N1CCCC1. The molecular weight excluding hydrogens is 416 g/mol. The number of methoxy groups -OCH3 is 2. The van der Waals surface area contributed by atoms with Gasteiger partial charge in [0, 0.05) is 0 Å². The van der Waals surface area contributed by atoms with Crippen LogP contribution in [0.1, 0.15) is 44.2 Å². The van der Waals surface area contributed by atoms with Crippen LogP contribution in [-0.4, -0.2) is 56.2 Å². The van der Waals surface area contributed by atoms with Crippen molar-refractivity contribution in [3.05, 3.63) is 60.2 Å². The molecule has 0 bridgehead atoms. The van der Waals surface area contributed by atoms with Crippen LogP contribution in [-0.2, 0) is 0 Å². The maximum Gasteiger partial charge on any atom is 0.161 e. The van der Waals surface area contributed by atoms with E-state index in [4.69, 9.17) is 14.2 Å². The van der Waals surface area contributed by atoms with E-state index >= 15 is 0 Å². The molecule has 178 valence electrons. The lowest BCUT2D eigenvalue weighted by Gasteiger charge is -2.46. The maximum absolute atomic E-state index is 12.0. The van der Waals surface area contributed by atoms with E-state index < -0.39 is 6.23 Å². The molecule has 3 unspecified atom stereocenters. The van der Waals surface area contributed by atoms with Gasteiger partial charge in [-0.3, -0.25) is 4.90 Å². The Labute approximate surface area is 197 Å². The summed E-state index contributed by atoms with van der Waals surface area (Å²) in [5.74, 6) is 2.15. The minimum Gasteiger partial charge on any atom is -0.493 e. The molecule has 1 saturated heterocycles. The second-order valence-corrected chi connectivity index (χ2v) is 9.04. The van der Waals surface area contributed by atoms with Crippen LogP contribution in [0.5, 0.6) is 17.2 Å². The number of likely N-dealkylation sites (tertiary alicyclic amines) is 1. The molecule has 0 aromatic heterocycles. The van der Waals surface area contributed by atoms with Crippen molar-refractivity contribution in [1.82, 2.24) is 4.90 Å². The van der Waals surface area contributed by atoms with Gasteiger partial charge >= 0.3 is 0 Å². The van der Waals surface area contributed by atoms with Crippen LogP contribution in [0.4, 0.5) is 5.69 Å². The number of anilines is 1. The zero-order valence-electron chi connectivity index (χ0n) is 20.0. The Hall–Kier alpha value is -2.70. The molecular formula is C27H36N2O4. The van der Waals surface area contributed by atoms with E-state index in [1.165, 1.54) is 12.8 Å². The number of ether oxygens (including phenoxy) is 3. The van der Waals surface area contributed by atoms with Crippen LogP contribution >= 0.6 is 0 Å². The van der Waals surface area contributed by atoms with Gasteiger partial charge in [-0.2, -0.15) is 0 Å². The van der Waals surface area contributed by atoms with Gasteiger partial charge in [0.05, 0.1) is 32.0 Å². The number of nitrogens with zero attached hydrogens (tertiary/aromatic N) is 2. The average Bonchev–Trinajstić information content (AvgIpc) is 3.37. The number of fused-ring (bicyclic) bond motifs is 1. The van der Waals surface area contributed by atoms with Crippen molar-refractivity contribution in [2.45, 2.75) is 50.9 Å². The fourth-order valence-electron chi connectivity index (χ4n) is 5.03. The van der Waals surface area contributed by atoms with E-state index in [1.807, 2.05) is 42.5 Å². The summed E-state index contributed by atoms with van der Waals surface area (Å²) >= 11 is 0. The summed E-state index contributed by atoms with van der Waals surface area (Å²) in [6.45, 7) is 8.64. The quantitative estimate of drug-likeness (QED) is 0.553. The first kappa shape index (κ1) is 23.5. The van der Waals surface area contributed by atoms with Crippen molar-refractivity contribution in [1.29, 1.82) is 0 Å². The van der Waals surface area contributed by atoms with Crippen LogP contribution in [0, 0.1) is 0 Å². The van der Waals surface area contributed by atoms with Gasteiger partial charge < -0.3 is 24.2 Å². The van der Waals surface area contributed by atoms with Gasteiger partial charge in [0.1, 0.15) is 18.6 Å². The molecule has 2 heterocycles. The van der Waals surface area contributed by atoms with Gasteiger partial charge in [-0.25, -0.2) is 0 Å². The summed E-state index contributed by atoms with van der Waals surface area (Å²) in [6, 6.07) is 13.8. The van der Waals surface area contributed by atoms with Gasteiger partial charge in [-0.15, -0.1) is 6.58 Å². The zero-order chi connectivity index (χ0) is 23.4. The van der Waals surface area contributed by atoms with Gasteiger partial charge in [0.2, 0.25) is 0 Å². The number of rotatable bonds is 9. The molecule has 0 saturated carbocycles. The summed E-state index contributed by atoms with van der Waals surface area (Å²) < 4.78 is 17.1. The lowest BCUT2D eigenvalue weighted by molar-refractivity contribution is 0.0404. The Morgan fingerprint density at radius 3 is 2.55 bits per heavy atom. The largest absolute Gasteiger partial charge is 0.493 e. The second kappa shape index (κ2) is 10.5. The molecule has 2 aromatic carbocycles. The molecule has 0 aliphatic carbocycles. The van der Waals surface area contributed by atoms with Gasteiger partial charge in [-0.05, 0) is 75.5 Å². The molecule has 4 rings (SSSR count). The zero-order valence-corrected chi connectivity index (χ0v) is 20.0. The van der Waals surface area contributed by atoms with Crippen molar-refractivity contribution < 1.29 is 19.3 Å². The summed E-state index contributed by atoms with van der Waals surface area (Å²) in [6.07, 6.45) is 3.43. The third-order valence-corrected chi connectivity index (χ3v) is 6.77. The Morgan fingerprint density at radius 1 is 1.12 bits per heavy atom. The molecule has 0 radical (unpaired) electrons. The molecule has 33 heavy (non-hydrogen) atoms. The van der Waals surface area contributed by atoms with Crippen LogP contribution in [0.3, 0.4) is 0 Å². The summed E-state index contributed by atoms with van der Waals surface area (Å²) in [4.78, 5) is 4.58. The highest BCUT2D eigenvalue weighted by molar-refractivity contribution is 5.62. The van der Waals surface area contributed by atoms with Gasteiger partial charge in [0.15, 0.2) is 11.5 Å². The fraction of sp³-hybridized carbons (Fsp3) is 0.481. The molecule has 2 aliphatic heterocycles. The van der Waals surface area contributed by atoms with Crippen molar-refractivity contribution in [3.63, 3.8) is 0 Å². The Bertz CT molecular complexity index is 957. The predicted octanol–water partition coefficient (Wildman–Crippen LogP) is 4.78. The lowest BCUT2D eigenvalue weighted by atomic mass is 9.98. The molecule has 1 fully saturated rings. The first-order valence-electron chi connectivity index (χ1n) is 11.8. The predicted molar refractivity (Wildman–Crippen MR) is 131 cm³/mol. The van der Waals surface area contributed by atoms with Gasteiger partial charge in [0.25, 0.3) is 0 Å². The standard InChI is InChI=1S/C27H36N2O4/c1-19(2)11-13-22(28-15-7-8-16-28)27(30)29-21-9-5-6-10-24(21)33-18-23(29)20-12-14-25(31-3)26(17-20)32-4/h5-6,9-10,12,14,17,22-23,27,30H,1,7-8,11,13,15-16,18H2,2-4H3. The molecule has 0 amide bonds. The Balaban J connectivity index is 1.73. The minimum absolute atomic E-state index is 0.0120. The molecule has 2 aromatic rings. The number of aliphatic hydroxyl groups is 1. The number of benzene rings is 2. The van der Waals surface area contributed by atoms with E-state index in [0.29, 0.717) is 18.1 Å². The van der Waals surface area contributed by atoms with Crippen LogP contribution in [0.2, 0.25) is 0 Å². The highest BCUT2D eigenvalue weighted by Crippen LogP contribution is 2.43. The molecule has 6 nitrogen and oxygen atoms in total. The summed E-state index contributed by atoms with van der Waals surface area (Å²) in [5.41, 5.74) is 3.07. The van der Waals surface area contributed by atoms with Crippen molar-refractivity contribution in [3.8, 4) is 17.2 Å². The molecule has 2 aliphatic rings. The monoisotopic (exact) mass is 452 g/mol. The third kappa shape index (κ3) is 4.97. The van der Waals surface area contributed by atoms with Crippen molar-refractivity contribution >= 4 is 5.69 Å². The van der Waals surface area contributed by atoms with Crippen LogP contribution in [0.15, 0.2) is 54.6 Å². The summed E-state index contributed by atoms with van der Waals surface area (Å²) in [7, 11) is 3.28. The Kier molecular flexibility index (Phi) is 7.46. The van der Waals surface area contributed by atoms with Crippen molar-refractivity contribution in [2.24, 2.45) is 0 Å².